The number of piperazine rings is 1. The van der Waals surface area contributed by atoms with E-state index in [2.05, 4.69) is 83.8 Å². The highest BCUT2D eigenvalue weighted by Crippen LogP contribution is 2.28. The lowest BCUT2D eigenvalue weighted by Gasteiger charge is -2.34. The summed E-state index contributed by atoms with van der Waals surface area (Å²) in [5, 5.41) is 9.79. The minimum Gasteiger partial charge on any atom is -0.369 e. The number of aryl methyl sites for hydroxylation is 1. The summed E-state index contributed by atoms with van der Waals surface area (Å²) in [6.45, 7) is 7.87. The molecule has 0 atom stereocenters. The zero-order chi connectivity index (χ0) is 23.9. The van der Waals surface area contributed by atoms with Crippen LogP contribution in [-0.4, -0.2) is 67.1 Å². The molecule has 2 fully saturated rings. The maximum atomic E-state index is 11.9. The van der Waals surface area contributed by atoms with Crippen molar-refractivity contribution in [3.05, 3.63) is 34.4 Å². The molecule has 1 saturated heterocycles. The largest absolute Gasteiger partial charge is 0.369 e. The Bertz CT molecular complexity index is 974. The third-order valence-electron chi connectivity index (χ3n) is 6.75. The van der Waals surface area contributed by atoms with E-state index in [1.807, 2.05) is 0 Å². The fourth-order valence-electron chi connectivity index (χ4n) is 4.25. The van der Waals surface area contributed by atoms with Gasteiger partial charge in [-0.3, -0.25) is 4.79 Å². The lowest BCUT2D eigenvalue weighted by atomic mass is 9.85. The average Bonchev–Trinajstić information content (AvgIpc) is 2.80. The summed E-state index contributed by atoms with van der Waals surface area (Å²) < 4.78 is 0.817. The van der Waals surface area contributed by atoms with Gasteiger partial charge in [0.25, 0.3) is 0 Å². The molecule has 0 radical (unpaired) electrons. The molecule has 0 unspecified atom stereocenters. The Morgan fingerprint density at radius 1 is 1.18 bits per heavy atom. The monoisotopic (exact) mass is 529 g/mol. The van der Waals surface area contributed by atoms with Gasteiger partial charge >= 0.3 is 0 Å². The van der Waals surface area contributed by atoms with Gasteiger partial charge < -0.3 is 25.8 Å². The Labute approximate surface area is 211 Å². The van der Waals surface area contributed by atoms with E-state index in [0.29, 0.717) is 12.5 Å². The van der Waals surface area contributed by atoms with E-state index in [-0.39, 0.29) is 11.8 Å². The zero-order valence-electron chi connectivity index (χ0n) is 20.2. The van der Waals surface area contributed by atoms with Crippen molar-refractivity contribution in [2.24, 2.45) is 5.92 Å². The van der Waals surface area contributed by atoms with E-state index >= 15 is 0 Å². The van der Waals surface area contributed by atoms with Crippen LogP contribution in [0.2, 0.25) is 0 Å². The van der Waals surface area contributed by atoms with Gasteiger partial charge in [0.15, 0.2) is 0 Å². The molecule has 3 N–H and O–H groups in total. The van der Waals surface area contributed by atoms with Crippen molar-refractivity contribution in [3.8, 4) is 0 Å². The number of likely N-dealkylation sites (N-methyl/N-ethyl adjacent to an activating group) is 1. The summed E-state index contributed by atoms with van der Waals surface area (Å²) in [4.78, 5) is 25.9. The van der Waals surface area contributed by atoms with Crippen molar-refractivity contribution in [3.63, 3.8) is 0 Å². The third-order valence-corrected chi connectivity index (χ3v) is 7.33. The standard InChI is InChI=1S/C25H36BrN7O/c1-3-18-16-20(33-14-12-32(2)13-15-33)8-9-22(18)30-25-29-17-21(26)23(31-25)27-10-5-11-28-24(34)19-6-4-7-19/h8-9,16-17,19H,3-7,10-15H2,1-2H3,(H,28,34)(H2,27,29,30,31). The number of aromatic nitrogens is 2. The van der Waals surface area contributed by atoms with Crippen LogP contribution in [0.15, 0.2) is 28.9 Å². The number of anilines is 4. The summed E-state index contributed by atoms with van der Waals surface area (Å²) in [5.74, 6) is 1.74. The van der Waals surface area contributed by atoms with Gasteiger partial charge in [0.2, 0.25) is 11.9 Å². The highest BCUT2D eigenvalue weighted by molar-refractivity contribution is 9.10. The first-order valence-electron chi connectivity index (χ1n) is 12.4. The molecule has 2 aliphatic rings. The molecule has 8 nitrogen and oxygen atoms in total. The van der Waals surface area contributed by atoms with Crippen molar-refractivity contribution in [1.82, 2.24) is 20.2 Å². The Balaban J connectivity index is 1.32. The van der Waals surface area contributed by atoms with Crippen LogP contribution in [0.4, 0.5) is 23.1 Å². The fraction of sp³-hybridized carbons (Fsp3) is 0.560. The van der Waals surface area contributed by atoms with Gasteiger partial charge in [-0.1, -0.05) is 13.3 Å². The van der Waals surface area contributed by atoms with Crippen molar-refractivity contribution >= 4 is 45.0 Å². The molecule has 0 bridgehead atoms. The molecule has 0 spiro atoms. The maximum absolute atomic E-state index is 11.9. The highest BCUT2D eigenvalue weighted by Gasteiger charge is 2.24. The normalized spacial score (nSPS) is 16.7. The molecule has 1 aliphatic heterocycles. The first-order chi connectivity index (χ1) is 16.5. The van der Waals surface area contributed by atoms with E-state index < -0.39 is 0 Å². The van der Waals surface area contributed by atoms with E-state index in [4.69, 9.17) is 0 Å². The summed E-state index contributed by atoms with van der Waals surface area (Å²) in [6.07, 6.45) is 6.78. The first kappa shape index (κ1) is 24.7. The molecule has 2 aromatic rings. The zero-order valence-corrected chi connectivity index (χ0v) is 21.8. The van der Waals surface area contributed by atoms with Crippen LogP contribution in [0.3, 0.4) is 0 Å². The number of hydrogen-bond acceptors (Lipinski definition) is 7. The number of carbonyl (C=O) groups excluding carboxylic acids is 1. The van der Waals surface area contributed by atoms with Gasteiger partial charge in [0, 0.05) is 62.8 Å². The Kier molecular flexibility index (Phi) is 8.61. The number of hydrogen-bond donors (Lipinski definition) is 3. The smallest absolute Gasteiger partial charge is 0.229 e. The van der Waals surface area contributed by atoms with E-state index in [9.17, 15) is 4.79 Å². The summed E-state index contributed by atoms with van der Waals surface area (Å²) in [6, 6.07) is 6.60. The van der Waals surface area contributed by atoms with E-state index in [0.717, 1.165) is 74.4 Å². The Hall–Kier alpha value is -2.39. The van der Waals surface area contributed by atoms with Gasteiger partial charge in [-0.25, -0.2) is 4.98 Å². The lowest BCUT2D eigenvalue weighted by molar-refractivity contribution is -0.127. The van der Waals surface area contributed by atoms with E-state index in [1.54, 1.807) is 6.20 Å². The number of halogens is 1. The Morgan fingerprint density at radius 2 is 1.97 bits per heavy atom. The van der Waals surface area contributed by atoms with Crippen molar-refractivity contribution in [2.45, 2.75) is 39.0 Å². The van der Waals surface area contributed by atoms with Gasteiger partial charge in [-0.15, -0.1) is 0 Å². The summed E-state index contributed by atoms with van der Waals surface area (Å²) in [5.41, 5.74) is 3.56. The summed E-state index contributed by atoms with van der Waals surface area (Å²) in [7, 11) is 2.18. The van der Waals surface area contributed by atoms with Crippen LogP contribution in [-0.2, 0) is 11.2 Å². The first-order valence-corrected chi connectivity index (χ1v) is 13.2. The SMILES string of the molecule is CCc1cc(N2CCN(C)CC2)ccc1Nc1ncc(Br)c(NCCCNC(=O)C2CCC2)n1. The van der Waals surface area contributed by atoms with Crippen LogP contribution in [0.1, 0.15) is 38.2 Å². The molecule has 4 rings (SSSR count). The molecule has 1 aromatic heterocycles. The molecule has 1 aromatic carbocycles. The number of nitrogens with one attached hydrogen (secondary N) is 3. The quantitative estimate of drug-likeness (QED) is 0.400. The minimum absolute atomic E-state index is 0.200. The minimum atomic E-state index is 0.200. The van der Waals surface area contributed by atoms with Gasteiger partial charge in [-0.2, -0.15) is 4.98 Å². The maximum Gasteiger partial charge on any atom is 0.229 e. The molecule has 1 saturated carbocycles. The molecule has 1 aliphatic carbocycles. The number of benzene rings is 1. The van der Waals surface area contributed by atoms with E-state index in [1.165, 1.54) is 17.7 Å². The predicted octanol–water partition coefficient (Wildman–Crippen LogP) is 4.02. The number of amides is 1. The number of nitrogens with zero attached hydrogens (tertiary/aromatic N) is 4. The van der Waals surface area contributed by atoms with Crippen molar-refractivity contribution in [1.29, 1.82) is 0 Å². The molecule has 2 heterocycles. The second-order valence-electron chi connectivity index (χ2n) is 9.20. The van der Waals surface area contributed by atoms with Crippen LogP contribution in [0, 0.1) is 5.92 Å². The third kappa shape index (κ3) is 6.39. The topological polar surface area (TPSA) is 85.4 Å². The molecule has 34 heavy (non-hydrogen) atoms. The molecule has 184 valence electrons. The van der Waals surface area contributed by atoms with Gasteiger partial charge in [0.05, 0.1) is 4.47 Å². The average molecular weight is 531 g/mol. The molecule has 1 amide bonds. The second-order valence-corrected chi connectivity index (χ2v) is 10.1. The predicted molar refractivity (Wildman–Crippen MR) is 142 cm³/mol. The molecule has 9 heteroatoms. The molecular weight excluding hydrogens is 494 g/mol. The lowest BCUT2D eigenvalue weighted by Crippen LogP contribution is -2.44. The fourth-order valence-corrected chi connectivity index (χ4v) is 4.58. The van der Waals surface area contributed by atoms with Crippen LogP contribution in [0.5, 0.6) is 0 Å². The van der Waals surface area contributed by atoms with Crippen LogP contribution < -0.4 is 20.9 Å². The second kappa shape index (κ2) is 11.8. The Morgan fingerprint density at radius 3 is 2.68 bits per heavy atom. The molecular formula is C25H36BrN7O. The van der Waals surface area contributed by atoms with Crippen molar-refractivity contribution < 1.29 is 4.79 Å². The van der Waals surface area contributed by atoms with Crippen LogP contribution >= 0.6 is 15.9 Å². The highest BCUT2D eigenvalue weighted by atomic mass is 79.9. The van der Waals surface area contributed by atoms with Crippen LogP contribution in [0.25, 0.3) is 0 Å². The number of carbonyl (C=O) groups is 1. The number of rotatable bonds is 10. The van der Waals surface area contributed by atoms with Gasteiger partial charge in [0.1, 0.15) is 5.82 Å². The summed E-state index contributed by atoms with van der Waals surface area (Å²) >= 11 is 3.54. The van der Waals surface area contributed by atoms with Crippen molar-refractivity contribution in [2.75, 3.05) is 61.8 Å². The van der Waals surface area contributed by atoms with Gasteiger partial charge in [-0.05, 0) is 72.4 Å².